The van der Waals surface area contributed by atoms with Crippen LogP contribution in [-0.4, -0.2) is 25.1 Å². The fraction of sp³-hybridized carbons (Fsp3) is 0.500. The number of rotatable bonds is 6. The minimum Gasteiger partial charge on any atom is -0.320 e. The number of hydrogen-bond donors (Lipinski definition) is 2. The number of aromatic nitrogens is 1. The Morgan fingerprint density at radius 3 is 3.00 bits per heavy atom. The van der Waals surface area contributed by atoms with E-state index >= 15 is 0 Å². The van der Waals surface area contributed by atoms with Gasteiger partial charge in [-0.3, -0.25) is 4.98 Å². The number of pyridine rings is 1. The highest BCUT2D eigenvalue weighted by atomic mass is 19.1. The van der Waals surface area contributed by atoms with E-state index in [2.05, 4.69) is 15.6 Å². The lowest BCUT2D eigenvalue weighted by atomic mass is 10.2. The van der Waals surface area contributed by atoms with Gasteiger partial charge in [0.1, 0.15) is 5.82 Å². The summed E-state index contributed by atoms with van der Waals surface area (Å²) in [6.45, 7) is 2.44. The minimum absolute atomic E-state index is 0.242. The van der Waals surface area contributed by atoms with Crippen molar-refractivity contribution >= 4 is 0 Å². The van der Waals surface area contributed by atoms with Gasteiger partial charge in [-0.25, -0.2) is 4.39 Å². The summed E-state index contributed by atoms with van der Waals surface area (Å²) in [6.07, 6.45) is 3.89. The van der Waals surface area contributed by atoms with E-state index < -0.39 is 0 Å². The van der Waals surface area contributed by atoms with Crippen molar-refractivity contribution in [3.63, 3.8) is 0 Å². The van der Waals surface area contributed by atoms with Crippen molar-refractivity contribution in [1.82, 2.24) is 15.6 Å². The second-order valence-electron chi connectivity index (χ2n) is 3.10. The molecule has 0 aliphatic carbocycles. The zero-order chi connectivity index (χ0) is 10.2. The molecule has 0 atom stereocenters. The molecule has 78 valence electrons. The topological polar surface area (TPSA) is 37.0 Å². The van der Waals surface area contributed by atoms with Crippen molar-refractivity contribution in [2.24, 2.45) is 0 Å². The fourth-order valence-corrected chi connectivity index (χ4v) is 1.16. The number of halogens is 1. The largest absolute Gasteiger partial charge is 0.320 e. The van der Waals surface area contributed by atoms with E-state index in [-0.39, 0.29) is 5.82 Å². The van der Waals surface area contributed by atoms with Crippen LogP contribution in [0.3, 0.4) is 0 Å². The Hall–Kier alpha value is -1.00. The smallest absolute Gasteiger partial charge is 0.145 e. The van der Waals surface area contributed by atoms with Crippen molar-refractivity contribution in [2.75, 3.05) is 20.1 Å². The summed E-state index contributed by atoms with van der Waals surface area (Å²) in [7, 11) is 1.92. The second-order valence-corrected chi connectivity index (χ2v) is 3.10. The van der Waals surface area contributed by atoms with Crippen LogP contribution < -0.4 is 10.6 Å². The van der Waals surface area contributed by atoms with Crippen molar-refractivity contribution in [3.05, 3.63) is 29.8 Å². The standard InChI is InChI=1S/C10H16FN3/c1-12-4-2-5-13-7-9-3-6-14-8-10(9)11/h3,6,8,12-13H,2,4-5,7H2,1H3. The molecule has 1 aromatic heterocycles. The molecule has 0 radical (unpaired) electrons. The van der Waals surface area contributed by atoms with E-state index in [0.717, 1.165) is 19.5 Å². The average molecular weight is 197 g/mol. The lowest BCUT2D eigenvalue weighted by Gasteiger charge is -2.04. The summed E-state index contributed by atoms with van der Waals surface area (Å²) < 4.78 is 13.1. The van der Waals surface area contributed by atoms with Crippen molar-refractivity contribution < 1.29 is 4.39 Å². The SMILES string of the molecule is CNCCCNCc1ccncc1F. The highest BCUT2D eigenvalue weighted by molar-refractivity contribution is 5.11. The molecule has 0 bridgehead atoms. The molecule has 1 rings (SSSR count). The molecule has 1 aromatic rings. The molecule has 0 saturated heterocycles. The highest BCUT2D eigenvalue weighted by Gasteiger charge is 1.99. The van der Waals surface area contributed by atoms with E-state index in [1.807, 2.05) is 7.05 Å². The Morgan fingerprint density at radius 2 is 2.29 bits per heavy atom. The summed E-state index contributed by atoms with van der Waals surface area (Å²) >= 11 is 0. The first-order valence-corrected chi connectivity index (χ1v) is 4.78. The Labute approximate surface area is 83.7 Å². The number of hydrogen-bond acceptors (Lipinski definition) is 3. The summed E-state index contributed by atoms with van der Waals surface area (Å²) in [5.74, 6) is -0.242. The van der Waals surface area contributed by atoms with Gasteiger partial charge in [0.05, 0.1) is 6.20 Å². The molecular formula is C10H16FN3. The monoisotopic (exact) mass is 197 g/mol. The third-order valence-corrected chi connectivity index (χ3v) is 1.95. The van der Waals surface area contributed by atoms with Crippen LogP contribution in [0.1, 0.15) is 12.0 Å². The van der Waals surface area contributed by atoms with E-state index in [9.17, 15) is 4.39 Å². The zero-order valence-corrected chi connectivity index (χ0v) is 8.39. The molecular weight excluding hydrogens is 181 g/mol. The van der Waals surface area contributed by atoms with Crippen LogP contribution in [0.4, 0.5) is 4.39 Å². The number of nitrogens with one attached hydrogen (secondary N) is 2. The number of nitrogens with zero attached hydrogens (tertiary/aromatic N) is 1. The van der Waals surface area contributed by atoms with E-state index in [0.29, 0.717) is 12.1 Å². The van der Waals surface area contributed by atoms with Gasteiger partial charge in [-0.1, -0.05) is 0 Å². The highest BCUT2D eigenvalue weighted by Crippen LogP contribution is 2.02. The van der Waals surface area contributed by atoms with Crippen LogP contribution in [0.15, 0.2) is 18.5 Å². The predicted molar refractivity (Wildman–Crippen MR) is 54.4 cm³/mol. The third kappa shape index (κ3) is 3.81. The van der Waals surface area contributed by atoms with Gasteiger partial charge in [0, 0.05) is 18.3 Å². The maximum atomic E-state index is 13.1. The summed E-state index contributed by atoms with van der Waals surface area (Å²) in [5, 5.41) is 6.22. The zero-order valence-electron chi connectivity index (χ0n) is 8.39. The van der Waals surface area contributed by atoms with Crippen LogP contribution in [0.5, 0.6) is 0 Å². The first-order chi connectivity index (χ1) is 6.84. The molecule has 0 unspecified atom stereocenters. The summed E-state index contributed by atoms with van der Waals surface area (Å²) in [6, 6.07) is 1.69. The molecule has 0 aliphatic rings. The molecule has 3 nitrogen and oxygen atoms in total. The molecule has 0 spiro atoms. The maximum absolute atomic E-state index is 13.1. The molecule has 1 heterocycles. The van der Waals surface area contributed by atoms with Crippen LogP contribution in [-0.2, 0) is 6.54 Å². The molecule has 2 N–H and O–H groups in total. The van der Waals surface area contributed by atoms with Gasteiger partial charge in [-0.2, -0.15) is 0 Å². The van der Waals surface area contributed by atoms with Gasteiger partial charge in [-0.05, 0) is 32.6 Å². The van der Waals surface area contributed by atoms with Gasteiger partial charge in [0.15, 0.2) is 0 Å². The lowest BCUT2D eigenvalue weighted by Crippen LogP contribution is -2.19. The molecule has 0 fully saturated rings. The van der Waals surface area contributed by atoms with Crippen LogP contribution in [0.2, 0.25) is 0 Å². The second kappa shape index (κ2) is 6.45. The van der Waals surface area contributed by atoms with E-state index in [4.69, 9.17) is 0 Å². The molecule has 0 aliphatic heterocycles. The molecule has 4 heteroatoms. The van der Waals surface area contributed by atoms with Gasteiger partial charge in [0.25, 0.3) is 0 Å². The third-order valence-electron chi connectivity index (χ3n) is 1.95. The Bertz CT molecular complexity index is 265. The van der Waals surface area contributed by atoms with E-state index in [1.165, 1.54) is 6.20 Å². The Kier molecular flexibility index (Phi) is 5.11. The van der Waals surface area contributed by atoms with E-state index in [1.54, 1.807) is 12.3 Å². The normalized spacial score (nSPS) is 10.4. The predicted octanol–water partition coefficient (Wildman–Crippen LogP) is 0.920. The van der Waals surface area contributed by atoms with Crippen LogP contribution in [0, 0.1) is 5.82 Å². The van der Waals surface area contributed by atoms with Gasteiger partial charge < -0.3 is 10.6 Å². The summed E-state index contributed by atoms with van der Waals surface area (Å²) in [5.41, 5.74) is 0.671. The van der Waals surface area contributed by atoms with Crippen molar-refractivity contribution in [2.45, 2.75) is 13.0 Å². The molecule has 0 amide bonds. The Balaban J connectivity index is 2.21. The van der Waals surface area contributed by atoms with Crippen LogP contribution >= 0.6 is 0 Å². The van der Waals surface area contributed by atoms with Crippen LogP contribution in [0.25, 0.3) is 0 Å². The first kappa shape index (κ1) is 11.1. The maximum Gasteiger partial charge on any atom is 0.145 e. The molecule has 0 saturated carbocycles. The van der Waals surface area contributed by atoms with Gasteiger partial charge >= 0.3 is 0 Å². The lowest BCUT2D eigenvalue weighted by molar-refractivity contribution is 0.572. The summed E-state index contributed by atoms with van der Waals surface area (Å²) in [4.78, 5) is 3.69. The molecule has 14 heavy (non-hydrogen) atoms. The average Bonchev–Trinajstić information content (AvgIpc) is 2.20. The van der Waals surface area contributed by atoms with Crippen molar-refractivity contribution in [3.8, 4) is 0 Å². The Morgan fingerprint density at radius 1 is 1.43 bits per heavy atom. The quantitative estimate of drug-likeness (QED) is 0.666. The first-order valence-electron chi connectivity index (χ1n) is 4.78. The fourth-order valence-electron chi connectivity index (χ4n) is 1.16. The van der Waals surface area contributed by atoms with Crippen molar-refractivity contribution in [1.29, 1.82) is 0 Å². The minimum atomic E-state index is -0.242. The van der Waals surface area contributed by atoms with Gasteiger partial charge in [0.2, 0.25) is 0 Å². The van der Waals surface area contributed by atoms with Gasteiger partial charge in [-0.15, -0.1) is 0 Å². The molecule has 0 aromatic carbocycles.